The van der Waals surface area contributed by atoms with E-state index in [1.165, 1.54) is 11.3 Å². The molecule has 4 heterocycles. The van der Waals surface area contributed by atoms with Crippen molar-refractivity contribution in [3.8, 4) is 10.7 Å². The smallest absolute Gasteiger partial charge is 0.277 e. The van der Waals surface area contributed by atoms with Crippen LogP contribution in [0.4, 0.5) is 20.9 Å². The van der Waals surface area contributed by atoms with E-state index in [9.17, 15) is 9.18 Å². The summed E-state index contributed by atoms with van der Waals surface area (Å²) in [7, 11) is 1.78. The average molecular weight is 431 g/mol. The first kappa shape index (κ1) is 20.2. The van der Waals surface area contributed by atoms with Crippen LogP contribution < -0.4 is 21.7 Å². The molecule has 11 heteroatoms. The van der Waals surface area contributed by atoms with E-state index in [-0.39, 0.29) is 5.69 Å². The lowest BCUT2D eigenvalue weighted by Gasteiger charge is -2.24. The zero-order valence-corrected chi connectivity index (χ0v) is 17.3. The molecule has 3 aromatic heterocycles. The van der Waals surface area contributed by atoms with Gasteiger partial charge in [-0.25, -0.2) is 9.37 Å². The summed E-state index contributed by atoms with van der Waals surface area (Å²) in [6, 6.07) is 4.97. The third kappa shape index (κ3) is 3.98. The fourth-order valence-electron chi connectivity index (χ4n) is 3.47. The van der Waals surface area contributed by atoms with Crippen LogP contribution in [0.25, 0.3) is 10.7 Å². The molecule has 2 atom stereocenters. The number of aryl methyl sites for hydroxylation is 1. The highest BCUT2D eigenvalue weighted by molar-refractivity contribution is 7.19. The Balaban J connectivity index is 1.56. The highest BCUT2D eigenvalue weighted by Crippen LogP contribution is 2.31. The molecule has 9 nitrogen and oxygen atoms in total. The quantitative estimate of drug-likeness (QED) is 0.578. The number of carbonyl (C=O) groups is 1. The van der Waals surface area contributed by atoms with E-state index in [0.717, 1.165) is 0 Å². The zero-order chi connectivity index (χ0) is 21.3. The van der Waals surface area contributed by atoms with Crippen molar-refractivity contribution in [1.82, 2.24) is 19.7 Å². The number of hydrogen-bond donors (Lipinski definition) is 3. The molecular formula is C19H23FN8OS. The molecule has 0 aromatic carbocycles. The standard InChI is InChI=1S/C19H23FN8OS/c1-27-19(28-8-5-11(20)12(21)6-9-28)14(10-24-27)25-17(29)15-16(22)30-18(26-15)13-4-2-3-7-23-13/h2-4,7,10-12H,5-6,8-9,21-22H2,1H3,(H,25,29)/t11-,12-/m0/s1. The molecule has 0 bridgehead atoms. The van der Waals surface area contributed by atoms with Gasteiger partial charge in [0.15, 0.2) is 11.5 Å². The molecule has 0 saturated carbocycles. The summed E-state index contributed by atoms with van der Waals surface area (Å²) in [5.41, 5.74) is 13.2. The highest BCUT2D eigenvalue weighted by Gasteiger charge is 2.27. The van der Waals surface area contributed by atoms with E-state index < -0.39 is 18.1 Å². The number of nitrogen functional groups attached to an aromatic ring is 1. The molecule has 1 saturated heterocycles. The van der Waals surface area contributed by atoms with Gasteiger partial charge < -0.3 is 21.7 Å². The molecule has 1 aliphatic heterocycles. The van der Waals surface area contributed by atoms with Crippen molar-refractivity contribution in [2.24, 2.45) is 12.8 Å². The monoisotopic (exact) mass is 430 g/mol. The predicted octanol–water partition coefficient (Wildman–Crippen LogP) is 2.04. The van der Waals surface area contributed by atoms with Gasteiger partial charge in [0.25, 0.3) is 5.91 Å². The first-order valence-electron chi connectivity index (χ1n) is 9.59. The van der Waals surface area contributed by atoms with Crippen molar-refractivity contribution in [2.45, 2.75) is 25.1 Å². The lowest BCUT2D eigenvalue weighted by Crippen LogP contribution is -2.31. The molecule has 0 radical (unpaired) electrons. The maximum atomic E-state index is 14.0. The number of nitrogens with two attached hydrogens (primary N) is 2. The number of anilines is 3. The number of alkyl halides is 1. The maximum Gasteiger partial charge on any atom is 0.277 e. The number of carbonyl (C=O) groups excluding carboxylic acids is 1. The Labute approximate surface area is 176 Å². The van der Waals surface area contributed by atoms with Gasteiger partial charge in [0.1, 0.15) is 21.9 Å². The normalized spacial score (nSPS) is 19.5. The summed E-state index contributed by atoms with van der Waals surface area (Å²) < 4.78 is 15.7. The molecular weight excluding hydrogens is 407 g/mol. The molecule has 1 aliphatic rings. The number of pyridine rings is 1. The lowest BCUT2D eigenvalue weighted by molar-refractivity contribution is 0.102. The fraction of sp³-hybridized carbons (Fsp3) is 0.368. The SMILES string of the molecule is Cn1ncc(NC(=O)c2nc(-c3ccccn3)sc2N)c1N1CC[C@H](N)[C@@H](F)CC1. The second kappa shape index (κ2) is 8.36. The van der Waals surface area contributed by atoms with Crippen LogP contribution in [0.5, 0.6) is 0 Å². The summed E-state index contributed by atoms with van der Waals surface area (Å²) in [4.78, 5) is 23.5. The number of halogens is 1. The van der Waals surface area contributed by atoms with E-state index in [4.69, 9.17) is 11.5 Å². The summed E-state index contributed by atoms with van der Waals surface area (Å²) in [5.74, 6) is 0.262. The Morgan fingerprint density at radius 3 is 2.90 bits per heavy atom. The topological polar surface area (TPSA) is 128 Å². The van der Waals surface area contributed by atoms with Gasteiger partial charge in [-0.15, -0.1) is 0 Å². The van der Waals surface area contributed by atoms with Gasteiger partial charge in [-0.05, 0) is 25.0 Å². The second-order valence-electron chi connectivity index (χ2n) is 7.15. The first-order valence-corrected chi connectivity index (χ1v) is 10.4. The lowest BCUT2D eigenvalue weighted by atomic mass is 10.1. The average Bonchev–Trinajstić information content (AvgIpc) is 3.26. The minimum Gasteiger partial charge on any atom is -0.389 e. The van der Waals surface area contributed by atoms with Crippen molar-refractivity contribution < 1.29 is 9.18 Å². The van der Waals surface area contributed by atoms with Crippen LogP contribution in [-0.4, -0.2) is 51.0 Å². The van der Waals surface area contributed by atoms with Crippen LogP contribution in [0.1, 0.15) is 23.3 Å². The Hall–Kier alpha value is -3.05. The third-order valence-corrected chi connectivity index (χ3v) is 5.99. The van der Waals surface area contributed by atoms with E-state index in [1.54, 1.807) is 36.3 Å². The van der Waals surface area contributed by atoms with Crippen molar-refractivity contribution in [3.63, 3.8) is 0 Å². The Kier molecular flexibility index (Phi) is 5.64. The first-order chi connectivity index (χ1) is 14.4. The summed E-state index contributed by atoms with van der Waals surface area (Å²) >= 11 is 1.20. The van der Waals surface area contributed by atoms with Crippen molar-refractivity contribution in [1.29, 1.82) is 0 Å². The van der Waals surface area contributed by atoms with Crippen LogP contribution >= 0.6 is 11.3 Å². The maximum absolute atomic E-state index is 14.0. The van der Waals surface area contributed by atoms with Crippen LogP contribution in [0.2, 0.25) is 0 Å². The van der Waals surface area contributed by atoms with Gasteiger partial charge >= 0.3 is 0 Å². The van der Waals surface area contributed by atoms with Crippen LogP contribution in [0.15, 0.2) is 30.6 Å². The van der Waals surface area contributed by atoms with E-state index in [2.05, 4.69) is 20.4 Å². The van der Waals surface area contributed by atoms with Gasteiger partial charge in [0, 0.05) is 32.4 Å². The zero-order valence-electron chi connectivity index (χ0n) is 16.5. The van der Waals surface area contributed by atoms with Crippen molar-refractivity contribution in [2.75, 3.05) is 29.0 Å². The summed E-state index contributed by atoms with van der Waals surface area (Å²) in [6.07, 6.45) is 3.02. The number of amides is 1. The van der Waals surface area contributed by atoms with E-state index in [0.29, 0.717) is 53.1 Å². The third-order valence-electron chi connectivity index (χ3n) is 5.08. The van der Waals surface area contributed by atoms with E-state index in [1.807, 2.05) is 11.0 Å². The minimum atomic E-state index is -1.04. The summed E-state index contributed by atoms with van der Waals surface area (Å²) in [5, 5.41) is 7.98. The molecule has 1 amide bonds. The molecule has 5 N–H and O–H groups in total. The highest BCUT2D eigenvalue weighted by atomic mass is 32.1. The Bertz CT molecular complexity index is 1020. The van der Waals surface area contributed by atoms with Crippen molar-refractivity contribution in [3.05, 3.63) is 36.3 Å². The molecule has 0 unspecified atom stereocenters. The molecule has 30 heavy (non-hydrogen) atoms. The summed E-state index contributed by atoms with van der Waals surface area (Å²) in [6.45, 7) is 1.06. The van der Waals surface area contributed by atoms with Crippen LogP contribution in [0.3, 0.4) is 0 Å². The molecule has 0 spiro atoms. The second-order valence-corrected chi connectivity index (χ2v) is 8.18. The number of hydrogen-bond acceptors (Lipinski definition) is 8. The van der Waals surface area contributed by atoms with Gasteiger partial charge in [0.05, 0.1) is 11.9 Å². The van der Waals surface area contributed by atoms with Gasteiger partial charge in [-0.2, -0.15) is 5.10 Å². The van der Waals surface area contributed by atoms with Crippen LogP contribution in [-0.2, 0) is 7.05 Å². The number of rotatable bonds is 4. The van der Waals surface area contributed by atoms with Crippen molar-refractivity contribution >= 4 is 33.8 Å². The minimum absolute atomic E-state index is 0.136. The molecule has 0 aliphatic carbocycles. The Morgan fingerprint density at radius 2 is 2.13 bits per heavy atom. The fourth-order valence-corrected chi connectivity index (χ4v) is 4.28. The van der Waals surface area contributed by atoms with Gasteiger partial charge in [0.2, 0.25) is 0 Å². The molecule has 158 valence electrons. The number of thiazole rings is 1. The predicted molar refractivity (Wildman–Crippen MR) is 115 cm³/mol. The van der Waals surface area contributed by atoms with E-state index >= 15 is 0 Å². The number of aromatic nitrogens is 4. The van der Waals surface area contributed by atoms with Gasteiger partial charge in [-0.3, -0.25) is 14.5 Å². The molecule has 4 rings (SSSR count). The number of nitrogens with zero attached hydrogens (tertiary/aromatic N) is 5. The van der Waals surface area contributed by atoms with Gasteiger partial charge in [-0.1, -0.05) is 17.4 Å². The molecule has 3 aromatic rings. The largest absolute Gasteiger partial charge is 0.389 e. The van der Waals surface area contributed by atoms with Crippen LogP contribution in [0, 0.1) is 0 Å². The Morgan fingerprint density at radius 1 is 1.33 bits per heavy atom. The molecule has 1 fully saturated rings. The number of nitrogens with one attached hydrogen (secondary N) is 1.